The number of methoxy groups -OCH3 is 1. The second kappa shape index (κ2) is 7.41. The molecule has 0 spiro atoms. The lowest BCUT2D eigenvalue weighted by atomic mass is 10.2. The number of hydrogen-bond donors (Lipinski definition) is 2. The van der Waals surface area contributed by atoms with Crippen molar-refractivity contribution in [1.29, 1.82) is 0 Å². The first-order chi connectivity index (χ1) is 11.0. The van der Waals surface area contributed by atoms with E-state index in [0.29, 0.717) is 17.1 Å². The molecule has 1 heterocycles. The van der Waals surface area contributed by atoms with Crippen LogP contribution in [0.4, 0.5) is 5.82 Å². The zero-order chi connectivity index (χ0) is 16.9. The van der Waals surface area contributed by atoms with Gasteiger partial charge in [-0.3, -0.25) is 9.55 Å². The summed E-state index contributed by atoms with van der Waals surface area (Å²) in [6.45, 7) is 0. The van der Waals surface area contributed by atoms with Crippen LogP contribution in [0.15, 0.2) is 41.3 Å². The largest absolute Gasteiger partial charge is 0.497 e. The first-order valence-corrected chi connectivity index (χ1v) is 8.30. The van der Waals surface area contributed by atoms with Gasteiger partial charge in [-0.05, 0) is 23.8 Å². The van der Waals surface area contributed by atoms with Gasteiger partial charge in [0, 0.05) is 20.4 Å². The van der Waals surface area contributed by atoms with E-state index in [1.165, 1.54) is 20.4 Å². The Bertz CT molecular complexity index is 739. The Balaban J connectivity index is 2.42. The van der Waals surface area contributed by atoms with Crippen LogP contribution in [0.5, 0.6) is 5.75 Å². The van der Waals surface area contributed by atoms with Crippen molar-refractivity contribution >= 4 is 13.4 Å². The Labute approximate surface area is 133 Å². The van der Waals surface area contributed by atoms with Crippen LogP contribution in [0.2, 0.25) is 0 Å². The predicted octanol–water partition coefficient (Wildman–Crippen LogP) is 2.38. The van der Waals surface area contributed by atoms with E-state index in [0.717, 1.165) is 0 Å². The molecule has 1 aromatic heterocycles. The number of H-pyrrole nitrogens is 1. The van der Waals surface area contributed by atoms with E-state index in [-0.39, 0.29) is 0 Å². The Morgan fingerprint density at radius 3 is 2.30 bits per heavy atom. The van der Waals surface area contributed by atoms with Crippen LogP contribution < -0.4 is 15.7 Å². The molecule has 2 aromatic rings. The molecule has 9 heteroatoms. The summed E-state index contributed by atoms with van der Waals surface area (Å²) in [6.07, 6.45) is 1.34. The van der Waals surface area contributed by atoms with Crippen molar-refractivity contribution in [1.82, 2.24) is 9.97 Å². The van der Waals surface area contributed by atoms with Crippen LogP contribution in [-0.2, 0) is 13.6 Å². The molecule has 2 N–H and O–H groups in total. The molecule has 124 valence electrons. The molecule has 0 fully saturated rings. The van der Waals surface area contributed by atoms with Gasteiger partial charge in [0.2, 0.25) is 0 Å². The summed E-state index contributed by atoms with van der Waals surface area (Å²) >= 11 is 0. The molecule has 2 rings (SSSR count). The van der Waals surface area contributed by atoms with E-state index < -0.39 is 19.1 Å². The molecule has 8 nitrogen and oxygen atoms in total. The molecule has 0 amide bonds. The molecule has 23 heavy (non-hydrogen) atoms. The lowest BCUT2D eigenvalue weighted by Crippen LogP contribution is -2.18. The minimum atomic E-state index is -3.51. The fourth-order valence-electron chi connectivity index (χ4n) is 2.02. The van der Waals surface area contributed by atoms with Gasteiger partial charge >= 0.3 is 13.3 Å². The van der Waals surface area contributed by atoms with Crippen LogP contribution >= 0.6 is 7.60 Å². The Morgan fingerprint density at radius 1 is 1.13 bits per heavy atom. The standard InChI is InChI=1S/C14H18N3O5P/c1-20-11-6-4-10(5-7-11)13(23(19,21-2)22-3)16-12-8-9-15-14(18)17-12/h4-9,13H,1-3H3,(H2,15,16,17,18). The normalized spacial score (nSPS) is 12.7. The van der Waals surface area contributed by atoms with Gasteiger partial charge in [-0.25, -0.2) is 9.78 Å². The molecule has 1 unspecified atom stereocenters. The minimum absolute atomic E-state index is 0.347. The number of nitrogens with one attached hydrogen (secondary N) is 2. The van der Waals surface area contributed by atoms with E-state index in [9.17, 15) is 9.36 Å². The Kier molecular flexibility index (Phi) is 5.54. The third-order valence-corrected chi connectivity index (χ3v) is 5.30. The maximum Gasteiger partial charge on any atom is 0.356 e. The number of nitrogens with zero attached hydrogens (tertiary/aromatic N) is 1. The lowest BCUT2D eigenvalue weighted by molar-refractivity contribution is 0.268. The third kappa shape index (κ3) is 3.98. The zero-order valence-electron chi connectivity index (χ0n) is 13.0. The van der Waals surface area contributed by atoms with Gasteiger partial charge in [-0.15, -0.1) is 0 Å². The van der Waals surface area contributed by atoms with Crippen LogP contribution in [0, 0.1) is 0 Å². The highest BCUT2D eigenvalue weighted by Gasteiger charge is 2.35. The summed E-state index contributed by atoms with van der Waals surface area (Å²) in [4.78, 5) is 17.4. The lowest BCUT2D eigenvalue weighted by Gasteiger charge is -2.26. The molecule has 0 radical (unpaired) electrons. The van der Waals surface area contributed by atoms with Crippen LogP contribution in [0.25, 0.3) is 0 Å². The van der Waals surface area contributed by atoms with E-state index in [1.54, 1.807) is 37.4 Å². The molecule has 0 bridgehead atoms. The second-order valence-electron chi connectivity index (χ2n) is 4.51. The number of aromatic amines is 1. The molecule has 0 saturated carbocycles. The number of benzene rings is 1. The highest BCUT2D eigenvalue weighted by atomic mass is 31.2. The maximum absolute atomic E-state index is 12.8. The van der Waals surface area contributed by atoms with Crippen molar-refractivity contribution in [3.63, 3.8) is 0 Å². The van der Waals surface area contributed by atoms with Gasteiger partial charge in [0.05, 0.1) is 7.11 Å². The van der Waals surface area contributed by atoms with Crippen molar-refractivity contribution in [3.8, 4) is 5.75 Å². The summed E-state index contributed by atoms with van der Waals surface area (Å²) in [7, 11) is 0.652. The molecule has 0 aliphatic carbocycles. The third-order valence-electron chi connectivity index (χ3n) is 3.22. The second-order valence-corrected chi connectivity index (χ2v) is 6.84. The van der Waals surface area contributed by atoms with Crippen molar-refractivity contribution in [2.24, 2.45) is 0 Å². The average molecular weight is 339 g/mol. The van der Waals surface area contributed by atoms with Gasteiger partial charge < -0.3 is 19.1 Å². The van der Waals surface area contributed by atoms with Crippen LogP contribution in [-0.4, -0.2) is 31.3 Å². The fraction of sp³-hybridized carbons (Fsp3) is 0.286. The van der Waals surface area contributed by atoms with E-state index >= 15 is 0 Å². The van der Waals surface area contributed by atoms with E-state index in [4.69, 9.17) is 13.8 Å². The van der Waals surface area contributed by atoms with Crippen LogP contribution in [0.1, 0.15) is 11.3 Å². The van der Waals surface area contributed by atoms with Crippen molar-refractivity contribution in [3.05, 3.63) is 52.6 Å². The van der Waals surface area contributed by atoms with Gasteiger partial charge in [-0.1, -0.05) is 12.1 Å². The van der Waals surface area contributed by atoms with Crippen LogP contribution in [0.3, 0.4) is 0 Å². The summed E-state index contributed by atoms with van der Waals surface area (Å²) in [5, 5.41) is 2.97. The molecule has 0 aliphatic rings. The highest BCUT2D eigenvalue weighted by molar-refractivity contribution is 7.54. The van der Waals surface area contributed by atoms with E-state index in [2.05, 4.69) is 15.3 Å². The number of aromatic nitrogens is 2. The first kappa shape index (κ1) is 17.2. The van der Waals surface area contributed by atoms with Gasteiger partial charge in [-0.2, -0.15) is 0 Å². The average Bonchev–Trinajstić information content (AvgIpc) is 2.59. The first-order valence-electron chi connectivity index (χ1n) is 6.69. The monoisotopic (exact) mass is 339 g/mol. The highest BCUT2D eigenvalue weighted by Crippen LogP contribution is 2.59. The summed E-state index contributed by atoms with van der Waals surface area (Å²) in [6, 6.07) is 8.48. The Morgan fingerprint density at radius 2 is 1.78 bits per heavy atom. The van der Waals surface area contributed by atoms with Crippen molar-refractivity contribution in [2.75, 3.05) is 26.6 Å². The number of anilines is 1. The zero-order valence-corrected chi connectivity index (χ0v) is 13.9. The quantitative estimate of drug-likeness (QED) is 0.747. The SMILES string of the molecule is COc1ccc(C(Nc2ccnc(=O)[nH]2)P(=O)(OC)OC)cc1. The minimum Gasteiger partial charge on any atom is -0.497 e. The molecular weight excluding hydrogens is 321 g/mol. The summed E-state index contributed by atoms with van der Waals surface area (Å²) < 4.78 is 28.2. The molecular formula is C14H18N3O5P. The van der Waals surface area contributed by atoms with Gasteiger partial charge in [0.15, 0.2) is 5.78 Å². The molecule has 0 aliphatic heterocycles. The van der Waals surface area contributed by atoms with Crippen molar-refractivity contribution in [2.45, 2.75) is 5.78 Å². The van der Waals surface area contributed by atoms with Gasteiger partial charge in [0.1, 0.15) is 11.6 Å². The molecule has 0 saturated heterocycles. The smallest absolute Gasteiger partial charge is 0.356 e. The number of ether oxygens (including phenoxy) is 1. The summed E-state index contributed by atoms with van der Waals surface area (Å²) in [5.74, 6) is 0.191. The predicted molar refractivity (Wildman–Crippen MR) is 85.8 cm³/mol. The van der Waals surface area contributed by atoms with Gasteiger partial charge in [0.25, 0.3) is 0 Å². The Hall–Kier alpha value is -2.15. The topological polar surface area (TPSA) is 103 Å². The summed E-state index contributed by atoms with van der Waals surface area (Å²) in [5.41, 5.74) is 0.128. The number of rotatable bonds is 7. The molecule has 1 atom stereocenters. The number of hydrogen-bond acceptors (Lipinski definition) is 7. The maximum atomic E-state index is 12.8. The van der Waals surface area contributed by atoms with Crippen molar-refractivity contribution < 1.29 is 18.3 Å². The van der Waals surface area contributed by atoms with E-state index in [1.807, 2.05) is 0 Å². The molecule has 1 aromatic carbocycles. The fourth-order valence-corrected chi connectivity index (χ4v) is 3.42.